The number of anilines is 1. The maximum Gasteiger partial charge on any atom is 0.407 e. The molecule has 2 aromatic carbocycles. The molecule has 2 N–H and O–H groups in total. The van der Waals surface area contributed by atoms with Gasteiger partial charge in [-0.2, -0.15) is 0 Å². The van der Waals surface area contributed by atoms with Gasteiger partial charge in [-0.25, -0.2) is 9.00 Å². The molecule has 4 rings (SSSR count). The van der Waals surface area contributed by atoms with Crippen LogP contribution in [-0.2, 0) is 28.8 Å². The van der Waals surface area contributed by atoms with Gasteiger partial charge in [0.2, 0.25) is 0 Å². The number of carbonyl (C=O) groups excluding carboxylic acids is 1. The normalized spacial score (nSPS) is 17.5. The van der Waals surface area contributed by atoms with Gasteiger partial charge in [0.25, 0.3) is 11.3 Å². The molecule has 198 valence electrons. The van der Waals surface area contributed by atoms with Gasteiger partial charge in [0.15, 0.2) is 0 Å². The fourth-order valence-electron chi connectivity index (χ4n) is 4.56. The lowest BCUT2D eigenvalue weighted by Crippen LogP contribution is -2.43. The third-order valence-corrected chi connectivity index (χ3v) is 8.61. The molecule has 3 unspecified atom stereocenters. The maximum atomic E-state index is 12.3. The molecule has 7 nitrogen and oxygen atoms in total. The summed E-state index contributed by atoms with van der Waals surface area (Å²) in [5.41, 5.74) is 3.18. The van der Waals surface area contributed by atoms with E-state index in [1.807, 2.05) is 41.8 Å². The van der Waals surface area contributed by atoms with Crippen LogP contribution in [0.2, 0.25) is 10.0 Å². The minimum Gasteiger partial charge on any atom is -0.492 e. The fourth-order valence-corrected chi connectivity index (χ4v) is 6.48. The van der Waals surface area contributed by atoms with E-state index in [0.717, 1.165) is 24.0 Å². The minimum absolute atomic E-state index is 0.0667. The number of halogens is 2. The van der Waals surface area contributed by atoms with Gasteiger partial charge in [-0.15, -0.1) is 11.3 Å². The largest absolute Gasteiger partial charge is 0.492 e. The first kappa shape index (κ1) is 27.7. The van der Waals surface area contributed by atoms with E-state index in [-0.39, 0.29) is 25.1 Å². The summed E-state index contributed by atoms with van der Waals surface area (Å²) in [6.45, 7) is 2.54. The molecule has 0 fully saturated rings. The highest BCUT2D eigenvalue weighted by Gasteiger charge is 2.32. The summed E-state index contributed by atoms with van der Waals surface area (Å²) < 4.78 is 34.0. The highest BCUT2D eigenvalue weighted by molar-refractivity contribution is 7.81. The number of hydrogen-bond donors (Lipinski definition) is 2. The van der Waals surface area contributed by atoms with Crippen LogP contribution in [0.5, 0.6) is 5.75 Å². The molecule has 1 heterocycles. The van der Waals surface area contributed by atoms with E-state index in [0.29, 0.717) is 33.8 Å². The number of nitrogens with one attached hydrogen (secondary N) is 1. The van der Waals surface area contributed by atoms with E-state index in [2.05, 4.69) is 5.32 Å². The zero-order valence-electron chi connectivity index (χ0n) is 20.2. The van der Waals surface area contributed by atoms with E-state index in [9.17, 15) is 13.6 Å². The molecule has 1 aliphatic rings. The van der Waals surface area contributed by atoms with Crippen molar-refractivity contribution in [2.45, 2.75) is 38.1 Å². The second-order valence-corrected chi connectivity index (χ2v) is 11.2. The van der Waals surface area contributed by atoms with Gasteiger partial charge in [-0.1, -0.05) is 35.3 Å². The molecule has 0 saturated heterocycles. The lowest BCUT2D eigenvalue weighted by Gasteiger charge is -2.34. The highest BCUT2D eigenvalue weighted by Crippen LogP contribution is 2.38. The second-order valence-electron chi connectivity index (χ2n) is 8.55. The molecule has 1 amide bonds. The molecule has 11 heteroatoms. The summed E-state index contributed by atoms with van der Waals surface area (Å²) in [4.78, 5) is 12.3. The monoisotopic (exact) mass is 582 g/mol. The van der Waals surface area contributed by atoms with Crippen molar-refractivity contribution >= 4 is 56.9 Å². The number of ether oxygens (including phenoxy) is 2. The Labute approximate surface area is 233 Å². The third kappa shape index (κ3) is 7.18. The van der Waals surface area contributed by atoms with Crippen LogP contribution in [0.25, 0.3) is 0 Å². The average Bonchev–Trinajstić information content (AvgIpc) is 3.39. The van der Waals surface area contributed by atoms with Crippen molar-refractivity contribution in [1.29, 1.82) is 0 Å². The summed E-state index contributed by atoms with van der Waals surface area (Å²) in [5.74, 6) is 0.584. The minimum atomic E-state index is -2.15. The van der Waals surface area contributed by atoms with Crippen LogP contribution in [0.15, 0.2) is 53.9 Å². The number of benzene rings is 2. The maximum absolute atomic E-state index is 12.3. The lowest BCUT2D eigenvalue weighted by atomic mass is 9.76. The van der Waals surface area contributed by atoms with E-state index in [1.165, 1.54) is 21.2 Å². The smallest absolute Gasteiger partial charge is 0.407 e. The van der Waals surface area contributed by atoms with Crippen LogP contribution in [0.1, 0.15) is 36.0 Å². The highest BCUT2D eigenvalue weighted by atomic mass is 35.5. The van der Waals surface area contributed by atoms with Crippen molar-refractivity contribution in [2.75, 3.05) is 24.1 Å². The molecule has 0 aliphatic heterocycles. The quantitative estimate of drug-likeness (QED) is 0.268. The number of carbonyl (C=O) groups is 1. The molecule has 0 radical (unpaired) electrons. The van der Waals surface area contributed by atoms with E-state index in [1.54, 1.807) is 19.1 Å². The van der Waals surface area contributed by atoms with E-state index >= 15 is 0 Å². The summed E-state index contributed by atoms with van der Waals surface area (Å²) in [5, 5.41) is 6.72. The van der Waals surface area contributed by atoms with Crippen molar-refractivity contribution in [3.63, 3.8) is 0 Å². The van der Waals surface area contributed by atoms with Gasteiger partial charge in [0, 0.05) is 22.0 Å². The molecule has 37 heavy (non-hydrogen) atoms. The first-order valence-electron chi connectivity index (χ1n) is 11.9. The Kier molecular flexibility index (Phi) is 9.72. The number of alkyl carbamates (subject to hydrolysis) is 1. The zero-order chi connectivity index (χ0) is 26.4. The number of hydrogen-bond acceptors (Lipinski definition) is 5. The Morgan fingerprint density at radius 3 is 2.78 bits per heavy atom. The number of fused-ring (bicyclic) bond motifs is 1. The molecule has 0 saturated carbocycles. The summed E-state index contributed by atoms with van der Waals surface area (Å²) in [7, 11) is 0. The van der Waals surface area contributed by atoms with Crippen LogP contribution < -0.4 is 14.4 Å². The number of amides is 1. The molecule has 1 aliphatic carbocycles. The average molecular weight is 584 g/mol. The predicted octanol–water partition coefficient (Wildman–Crippen LogP) is 6.46. The first-order valence-corrected chi connectivity index (χ1v) is 14.6. The Morgan fingerprint density at radius 2 is 2.08 bits per heavy atom. The van der Waals surface area contributed by atoms with Crippen LogP contribution in [0.4, 0.5) is 9.80 Å². The molecular weight excluding hydrogens is 555 g/mol. The summed E-state index contributed by atoms with van der Waals surface area (Å²) in [6, 6.07) is 14.9. The van der Waals surface area contributed by atoms with Crippen LogP contribution in [-0.4, -0.2) is 40.7 Å². The van der Waals surface area contributed by atoms with E-state index in [4.69, 9.17) is 32.7 Å². The lowest BCUT2D eigenvalue weighted by molar-refractivity contribution is 0.144. The number of rotatable bonds is 10. The molecule has 1 aromatic heterocycles. The Hall–Kier alpha value is -2.30. The second kappa shape index (κ2) is 13.0. The molecule has 3 atom stereocenters. The third-order valence-electron chi connectivity index (χ3n) is 6.26. The first-order chi connectivity index (χ1) is 17.9. The van der Waals surface area contributed by atoms with Gasteiger partial charge in [0.05, 0.1) is 13.2 Å². The SMILES string of the molecule is CCOC(=O)NC1CCc2ccc(OCCN(c3cccs3)S(=O)O)cc2C1Cc1ccc(Cl)cc1Cl. The Balaban J connectivity index is 1.55. The Bertz CT molecular complexity index is 1240. The number of aryl methyl sites for hydroxylation is 1. The van der Waals surface area contributed by atoms with Crippen LogP contribution in [0, 0.1) is 0 Å². The molecular formula is C26H28Cl2N2O5S2. The van der Waals surface area contributed by atoms with Crippen molar-refractivity contribution in [3.05, 3.63) is 80.6 Å². The molecule has 0 bridgehead atoms. The van der Waals surface area contributed by atoms with Gasteiger partial charge in [-0.3, -0.25) is 8.86 Å². The van der Waals surface area contributed by atoms with Crippen molar-refractivity contribution < 1.29 is 23.0 Å². The van der Waals surface area contributed by atoms with Gasteiger partial charge in [0.1, 0.15) is 17.4 Å². The number of nitrogens with zero attached hydrogens (tertiary/aromatic N) is 1. The predicted molar refractivity (Wildman–Crippen MR) is 150 cm³/mol. The van der Waals surface area contributed by atoms with Crippen molar-refractivity contribution in [2.24, 2.45) is 0 Å². The zero-order valence-corrected chi connectivity index (χ0v) is 23.3. The Morgan fingerprint density at radius 1 is 1.24 bits per heavy atom. The number of thiophene rings is 1. The standard InChI is InChI=1S/C26H28Cl2N2O5S2/c1-2-34-26(31)29-24-10-7-17-6-9-20(35-12-11-30(37(32)33)25-4-3-13-36-25)16-21(17)22(24)14-18-5-8-19(27)15-23(18)28/h3-6,8-9,13,15-16,22,24H,2,7,10-12,14H2,1H3,(H,29,31)(H,32,33). The topological polar surface area (TPSA) is 88.1 Å². The van der Waals surface area contributed by atoms with Gasteiger partial charge in [-0.05, 0) is 84.7 Å². The van der Waals surface area contributed by atoms with E-state index < -0.39 is 17.4 Å². The van der Waals surface area contributed by atoms with Gasteiger partial charge < -0.3 is 14.8 Å². The fraction of sp³-hybridized carbons (Fsp3) is 0.346. The van der Waals surface area contributed by atoms with Crippen LogP contribution in [0.3, 0.4) is 0 Å². The van der Waals surface area contributed by atoms with Crippen molar-refractivity contribution in [3.8, 4) is 5.75 Å². The summed E-state index contributed by atoms with van der Waals surface area (Å²) in [6.07, 6.45) is 1.72. The summed E-state index contributed by atoms with van der Waals surface area (Å²) >= 11 is 11.9. The molecule has 0 spiro atoms. The van der Waals surface area contributed by atoms with Gasteiger partial charge >= 0.3 is 6.09 Å². The molecule has 3 aromatic rings. The van der Waals surface area contributed by atoms with Crippen molar-refractivity contribution in [1.82, 2.24) is 5.32 Å². The van der Waals surface area contributed by atoms with Crippen LogP contribution >= 0.6 is 34.5 Å².